The first kappa shape index (κ1) is 24.2. The van der Waals surface area contributed by atoms with E-state index in [1.54, 1.807) is 30.5 Å². The number of aromatic nitrogens is 2. The first-order valence-corrected chi connectivity index (χ1v) is 12.7. The van der Waals surface area contributed by atoms with Crippen LogP contribution in [-0.4, -0.2) is 47.7 Å². The van der Waals surface area contributed by atoms with Crippen molar-refractivity contribution in [1.29, 1.82) is 0 Å². The summed E-state index contributed by atoms with van der Waals surface area (Å²) in [5.74, 6) is 0.236. The van der Waals surface area contributed by atoms with Crippen LogP contribution in [0.1, 0.15) is 24.0 Å². The van der Waals surface area contributed by atoms with E-state index in [-0.39, 0.29) is 36.4 Å². The molecule has 5 rings (SSSR count). The van der Waals surface area contributed by atoms with Crippen molar-refractivity contribution < 1.29 is 26.4 Å². The Morgan fingerprint density at radius 1 is 1.00 bits per heavy atom. The van der Waals surface area contributed by atoms with Crippen LogP contribution in [0.2, 0.25) is 0 Å². The number of carbonyl (C=O) groups excluding carboxylic acids is 1. The quantitative estimate of drug-likeness (QED) is 0.532. The number of rotatable bonds is 5. The van der Waals surface area contributed by atoms with Gasteiger partial charge in [0, 0.05) is 30.9 Å². The van der Waals surface area contributed by atoms with Crippen molar-refractivity contribution in [2.45, 2.75) is 36.4 Å². The molecule has 8 nitrogen and oxygen atoms in total. The van der Waals surface area contributed by atoms with E-state index in [4.69, 9.17) is 0 Å². The second kappa shape index (κ2) is 9.17. The summed E-state index contributed by atoms with van der Waals surface area (Å²) in [4.78, 5) is 19.9. The van der Waals surface area contributed by atoms with Gasteiger partial charge in [0.05, 0.1) is 34.5 Å². The molecule has 4 heterocycles. The number of amides is 1. The highest BCUT2D eigenvalue weighted by Gasteiger charge is 2.32. The topological polar surface area (TPSA) is 104 Å². The number of nitrogens with zero attached hydrogens (tertiary/aromatic N) is 3. The first-order valence-electron chi connectivity index (χ1n) is 11.3. The van der Waals surface area contributed by atoms with Gasteiger partial charge in [0.15, 0.2) is 0 Å². The Balaban J connectivity index is 1.21. The average Bonchev–Trinajstić information content (AvgIpc) is 3.23. The zero-order valence-electron chi connectivity index (χ0n) is 18.9. The molecule has 0 aliphatic carbocycles. The van der Waals surface area contributed by atoms with E-state index in [1.165, 1.54) is 10.4 Å². The lowest BCUT2D eigenvalue weighted by Crippen LogP contribution is -2.42. The van der Waals surface area contributed by atoms with E-state index in [0.717, 1.165) is 23.4 Å². The molecule has 2 aliphatic rings. The molecule has 0 saturated carbocycles. The summed E-state index contributed by atoms with van der Waals surface area (Å²) in [6.45, 7) is 0.547. The van der Waals surface area contributed by atoms with Crippen LogP contribution in [0, 0.1) is 0 Å². The van der Waals surface area contributed by atoms with Gasteiger partial charge in [-0.2, -0.15) is 17.5 Å². The Morgan fingerprint density at radius 2 is 1.72 bits per heavy atom. The van der Waals surface area contributed by atoms with Gasteiger partial charge in [-0.25, -0.2) is 13.4 Å². The number of pyridine rings is 2. The molecule has 0 spiro atoms. The summed E-state index contributed by atoms with van der Waals surface area (Å²) in [6.07, 6.45) is -0.799. The molecule has 2 N–H and O–H groups in total. The van der Waals surface area contributed by atoms with Gasteiger partial charge >= 0.3 is 6.18 Å². The summed E-state index contributed by atoms with van der Waals surface area (Å²) in [7, 11) is -3.71. The minimum absolute atomic E-state index is 0.0833. The molecule has 1 fully saturated rings. The van der Waals surface area contributed by atoms with Crippen LogP contribution in [0.3, 0.4) is 0 Å². The van der Waals surface area contributed by atoms with Gasteiger partial charge in [-0.3, -0.25) is 9.78 Å². The number of halogens is 3. The first-order chi connectivity index (χ1) is 17.1. The number of carbonyl (C=O) groups is 1. The molecule has 188 valence electrons. The number of nitrogens with one attached hydrogen (secondary N) is 2. The van der Waals surface area contributed by atoms with Crippen molar-refractivity contribution in [2.24, 2.45) is 0 Å². The van der Waals surface area contributed by atoms with Crippen molar-refractivity contribution in [3.8, 4) is 11.3 Å². The zero-order valence-corrected chi connectivity index (χ0v) is 19.7. The average molecular weight is 518 g/mol. The number of benzene rings is 1. The van der Waals surface area contributed by atoms with E-state index in [0.29, 0.717) is 30.0 Å². The normalized spacial score (nSPS) is 17.0. The Bertz CT molecular complexity index is 1390. The lowest BCUT2D eigenvalue weighted by molar-refractivity contribution is -0.137. The van der Waals surface area contributed by atoms with Gasteiger partial charge in [0.1, 0.15) is 5.82 Å². The van der Waals surface area contributed by atoms with E-state index in [2.05, 4.69) is 20.6 Å². The molecule has 0 unspecified atom stereocenters. The number of fused-ring (bicyclic) bond motifs is 1. The number of anilines is 2. The molecule has 1 amide bonds. The van der Waals surface area contributed by atoms with Gasteiger partial charge in [-0.1, -0.05) is 12.1 Å². The Morgan fingerprint density at radius 3 is 2.36 bits per heavy atom. The van der Waals surface area contributed by atoms with E-state index in [9.17, 15) is 26.4 Å². The summed E-state index contributed by atoms with van der Waals surface area (Å²) in [6, 6.07) is 10.4. The molecule has 36 heavy (non-hydrogen) atoms. The molecule has 3 aromatic rings. The van der Waals surface area contributed by atoms with Crippen molar-refractivity contribution in [3.63, 3.8) is 0 Å². The van der Waals surface area contributed by atoms with E-state index >= 15 is 0 Å². The lowest BCUT2D eigenvalue weighted by Gasteiger charge is -2.32. The molecule has 2 aliphatic heterocycles. The summed E-state index contributed by atoms with van der Waals surface area (Å²) >= 11 is 0. The fourth-order valence-corrected chi connectivity index (χ4v) is 5.79. The number of hydrogen-bond acceptors (Lipinski definition) is 6. The third kappa shape index (κ3) is 4.91. The molecule has 2 aromatic heterocycles. The van der Waals surface area contributed by atoms with Crippen LogP contribution >= 0.6 is 0 Å². The third-order valence-electron chi connectivity index (χ3n) is 6.30. The predicted octanol–water partition coefficient (Wildman–Crippen LogP) is 3.92. The maximum Gasteiger partial charge on any atom is 0.417 e. The van der Waals surface area contributed by atoms with Crippen LogP contribution in [0.5, 0.6) is 0 Å². The van der Waals surface area contributed by atoms with Gasteiger partial charge in [-0.15, -0.1) is 0 Å². The van der Waals surface area contributed by atoms with Crippen molar-refractivity contribution in [1.82, 2.24) is 14.3 Å². The summed E-state index contributed by atoms with van der Waals surface area (Å²) in [5.41, 5.74) is 2.11. The highest BCUT2D eigenvalue weighted by molar-refractivity contribution is 7.89. The molecule has 0 radical (unpaired) electrons. The maximum atomic E-state index is 13.1. The monoisotopic (exact) mass is 517 g/mol. The molecule has 1 saturated heterocycles. The highest BCUT2D eigenvalue weighted by Crippen LogP contribution is 2.30. The van der Waals surface area contributed by atoms with Gasteiger partial charge in [0.2, 0.25) is 15.9 Å². The van der Waals surface area contributed by atoms with Crippen LogP contribution < -0.4 is 10.6 Å². The zero-order chi connectivity index (χ0) is 25.5. The third-order valence-corrected chi connectivity index (χ3v) is 8.21. The Kier molecular flexibility index (Phi) is 6.17. The Labute approximate surface area is 205 Å². The summed E-state index contributed by atoms with van der Waals surface area (Å²) in [5, 5.41) is 5.82. The second-order valence-corrected chi connectivity index (χ2v) is 10.7. The predicted molar refractivity (Wildman–Crippen MR) is 127 cm³/mol. The second-order valence-electron chi connectivity index (χ2n) is 8.73. The summed E-state index contributed by atoms with van der Waals surface area (Å²) < 4.78 is 65.8. The van der Waals surface area contributed by atoms with E-state index in [1.807, 2.05) is 6.07 Å². The molecular formula is C24H22F3N5O3S. The van der Waals surface area contributed by atoms with Gasteiger partial charge in [0.25, 0.3) is 0 Å². The van der Waals surface area contributed by atoms with Crippen molar-refractivity contribution >= 4 is 27.4 Å². The fourth-order valence-electron chi connectivity index (χ4n) is 4.32. The Hall–Kier alpha value is -3.51. The van der Waals surface area contributed by atoms with E-state index < -0.39 is 21.8 Å². The van der Waals surface area contributed by atoms with Crippen LogP contribution in [0.15, 0.2) is 59.8 Å². The molecule has 12 heteroatoms. The number of sulfonamides is 1. The fraction of sp³-hybridized carbons (Fsp3) is 0.292. The lowest BCUT2D eigenvalue weighted by atomic mass is 10.1. The number of hydrogen-bond donors (Lipinski definition) is 2. The minimum Gasteiger partial charge on any atom is -0.367 e. The highest BCUT2D eigenvalue weighted by atomic mass is 32.2. The van der Waals surface area contributed by atoms with Gasteiger partial charge in [-0.05, 0) is 48.7 Å². The standard InChI is InChI=1S/C24H22F3N5O3S/c25-24(26,27)17-3-6-22(29-13-17)30-18-7-9-32(10-8-18)36(34,35)19-4-1-15(2-5-19)20-11-16-12-23(33)31-21(16)14-28-20/h1-6,11,13-14,18H,7-10,12H2,(H,29,30)(H,31,33). The van der Waals surface area contributed by atoms with Gasteiger partial charge < -0.3 is 10.6 Å². The number of piperidine rings is 1. The van der Waals surface area contributed by atoms with Crippen molar-refractivity contribution in [2.75, 3.05) is 23.7 Å². The molecular weight excluding hydrogens is 495 g/mol. The molecule has 0 atom stereocenters. The number of alkyl halides is 3. The SMILES string of the molecule is O=C1Cc2cc(-c3ccc(S(=O)(=O)N4CCC(Nc5ccc(C(F)(F)F)cn5)CC4)cc3)ncc2N1. The smallest absolute Gasteiger partial charge is 0.367 e. The van der Waals surface area contributed by atoms with Crippen LogP contribution in [0.25, 0.3) is 11.3 Å². The maximum absolute atomic E-state index is 13.1. The van der Waals surface area contributed by atoms with Crippen molar-refractivity contribution in [3.05, 3.63) is 66.0 Å². The largest absolute Gasteiger partial charge is 0.417 e. The molecule has 1 aromatic carbocycles. The van der Waals surface area contributed by atoms with Crippen LogP contribution in [0.4, 0.5) is 24.7 Å². The molecule has 0 bridgehead atoms. The van der Waals surface area contributed by atoms with Crippen LogP contribution in [-0.2, 0) is 27.4 Å². The minimum atomic E-state index is -4.45.